The number of nitrogens with zero attached hydrogens (tertiary/aromatic N) is 2. The van der Waals surface area contributed by atoms with Crippen LogP contribution >= 0.6 is 23.4 Å². The molecule has 3 aromatic rings. The van der Waals surface area contributed by atoms with Gasteiger partial charge < -0.3 is 4.57 Å². The maximum atomic E-state index is 13.5. The number of thioether (sulfide) groups is 1. The number of rotatable bonds is 5. The second-order valence-electron chi connectivity index (χ2n) is 5.88. The molecule has 29 heavy (non-hydrogen) atoms. The Labute approximate surface area is 175 Å². The maximum Gasteiger partial charge on any atom is 0.285 e. The van der Waals surface area contributed by atoms with E-state index in [1.807, 2.05) is 4.72 Å². The molecule has 1 amide bonds. The van der Waals surface area contributed by atoms with Crippen LogP contribution in [0.3, 0.4) is 0 Å². The highest BCUT2D eigenvalue weighted by molar-refractivity contribution is 7.99. The predicted molar refractivity (Wildman–Crippen MR) is 106 cm³/mol. The molecular formula is C18H14ClF2N3O3S2. The van der Waals surface area contributed by atoms with Crippen LogP contribution in [0.5, 0.6) is 0 Å². The molecule has 0 aliphatic heterocycles. The van der Waals surface area contributed by atoms with Gasteiger partial charge in [-0.25, -0.2) is 26.9 Å². The average molecular weight is 458 g/mol. The van der Waals surface area contributed by atoms with Crippen LogP contribution in [-0.4, -0.2) is 30.1 Å². The zero-order valence-electron chi connectivity index (χ0n) is 15.1. The molecule has 11 heteroatoms. The first kappa shape index (κ1) is 21.3. The topological polar surface area (TPSA) is 81.1 Å². The number of benzene rings is 2. The molecule has 0 saturated heterocycles. The molecule has 6 nitrogen and oxygen atoms in total. The van der Waals surface area contributed by atoms with Crippen LogP contribution in [0.25, 0.3) is 5.69 Å². The summed E-state index contributed by atoms with van der Waals surface area (Å²) in [6, 6.07) is 7.39. The summed E-state index contributed by atoms with van der Waals surface area (Å²) < 4.78 is 55.6. The van der Waals surface area contributed by atoms with E-state index in [-0.39, 0.29) is 27.1 Å². The normalized spacial score (nSPS) is 11.5. The zero-order valence-corrected chi connectivity index (χ0v) is 17.5. The summed E-state index contributed by atoms with van der Waals surface area (Å²) in [7, 11) is -4.28. The molecule has 1 aromatic heterocycles. The van der Waals surface area contributed by atoms with Gasteiger partial charge in [0.05, 0.1) is 10.7 Å². The Kier molecular flexibility index (Phi) is 5.97. The zero-order chi connectivity index (χ0) is 21.3. The fourth-order valence-electron chi connectivity index (χ4n) is 2.66. The van der Waals surface area contributed by atoms with Crippen LogP contribution in [0, 0.1) is 18.6 Å². The van der Waals surface area contributed by atoms with Crippen molar-refractivity contribution in [1.82, 2.24) is 14.3 Å². The summed E-state index contributed by atoms with van der Waals surface area (Å²) >= 11 is 7.19. The number of nitrogens with one attached hydrogen (secondary N) is 1. The summed E-state index contributed by atoms with van der Waals surface area (Å²) in [5, 5.41) is -0.0332. The van der Waals surface area contributed by atoms with Gasteiger partial charge in [-0.3, -0.25) is 4.79 Å². The van der Waals surface area contributed by atoms with Crippen molar-refractivity contribution in [1.29, 1.82) is 0 Å². The number of aromatic nitrogens is 2. The van der Waals surface area contributed by atoms with Gasteiger partial charge in [-0.05, 0) is 37.4 Å². The first-order chi connectivity index (χ1) is 13.6. The van der Waals surface area contributed by atoms with E-state index < -0.39 is 27.6 Å². The van der Waals surface area contributed by atoms with Crippen molar-refractivity contribution in [2.75, 3.05) is 6.26 Å². The number of sulfonamides is 1. The largest absolute Gasteiger partial charge is 0.303 e. The van der Waals surface area contributed by atoms with Crippen molar-refractivity contribution >= 4 is 39.3 Å². The van der Waals surface area contributed by atoms with Gasteiger partial charge in [0.1, 0.15) is 28.0 Å². The van der Waals surface area contributed by atoms with Crippen LogP contribution in [0.4, 0.5) is 8.78 Å². The summed E-state index contributed by atoms with van der Waals surface area (Å²) in [6.45, 7) is 1.51. The third-order valence-electron chi connectivity index (χ3n) is 3.89. The number of imidazole rings is 1. The lowest BCUT2D eigenvalue weighted by molar-refractivity contribution is 0.0977. The first-order valence-electron chi connectivity index (χ1n) is 8.04. The van der Waals surface area contributed by atoms with E-state index in [1.165, 1.54) is 23.8 Å². The van der Waals surface area contributed by atoms with Gasteiger partial charge in [-0.2, -0.15) is 0 Å². The highest BCUT2D eigenvalue weighted by atomic mass is 35.5. The molecule has 0 saturated carbocycles. The van der Waals surface area contributed by atoms with Crippen LogP contribution in [0.2, 0.25) is 5.02 Å². The average Bonchev–Trinajstić information content (AvgIpc) is 3.02. The van der Waals surface area contributed by atoms with Gasteiger partial charge in [-0.1, -0.05) is 17.7 Å². The molecule has 0 aliphatic carbocycles. The van der Waals surface area contributed by atoms with Crippen LogP contribution in [0.15, 0.2) is 52.4 Å². The van der Waals surface area contributed by atoms with Gasteiger partial charge >= 0.3 is 0 Å². The molecule has 0 atom stereocenters. The Bertz CT molecular complexity index is 1190. The molecular weight excluding hydrogens is 444 g/mol. The summed E-state index contributed by atoms with van der Waals surface area (Å²) in [6.07, 6.45) is 2.87. The molecule has 0 spiro atoms. The van der Waals surface area contributed by atoms with E-state index in [1.54, 1.807) is 18.4 Å². The van der Waals surface area contributed by atoms with Gasteiger partial charge in [0.2, 0.25) is 0 Å². The molecule has 0 unspecified atom stereocenters. The molecule has 0 fully saturated rings. The van der Waals surface area contributed by atoms with Crippen LogP contribution in [0.1, 0.15) is 16.3 Å². The van der Waals surface area contributed by atoms with E-state index in [0.29, 0.717) is 11.0 Å². The third kappa shape index (κ3) is 4.44. The second-order valence-corrected chi connectivity index (χ2v) is 8.75. The minimum absolute atomic E-state index is 0.0332. The van der Waals surface area contributed by atoms with Crippen molar-refractivity contribution in [3.8, 4) is 5.69 Å². The fraction of sp³-hybridized carbons (Fsp3) is 0.111. The Hall–Kier alpha value is -2.43. The monoisotopic (exact) mass is 457 g/mol. The summed E-state index contributed by atoms with van der Waals surface area (Å²) in [4.78, 5) is 16.7. The maximum absolute atomic E-state index is 13.5. The van der Waals surface area contributed by atoms with Gasteiger partial charge in [-0.15, -0.1) is 11.8 Å². The number of amides is 1. The number of halogens is 3. The molecule has 1 heterocycles. The molecule has 1 N–H and O–H groups in total. The Balaban J connectivity index is 1.95. The van der Waals surface area contributed by atoms with E-state index in [2.05, 4.69) is 4.98 Å². The lowest BCUT2D eigenvalue weighted by Gasteiger charge is -2.11. The molecule has 152 valence electrons. The van der Waals surface area contributed by atoms with Crippen LogP contribution < -0.4 is 4.72 Å². The minimum Gasteiger partial charge on any atom is -0.303 e. The molecule has 2 aromatic carbocycles. The quantitative estimate of drug-likeness (QED) is 0.587. The highest BCUT2D eigenvalue weighted by Gasteiger charge is 2.26. The van der Waals surface area contributed by atoms with E-state index in [9.17, 15) is 22.0 Å². The minimum atomic E-state index is -4.28. The highest BCUT2D eigenvalue weighted by Crippen LogP contribution is 2.31. The van der Waals surface area contributed by atoms with E-state index in [4.69, 9.17) is 11.6 Å². The smallest absolute Gasteiger partial charge is 0.285 e. The number of carbonyl (C=O) groups is 1. The molecule has 3 rings (SSSR count). The van der Waals surface area contributed by atoms with E-state index >= 15 is 0 Å². The lowest BCUT2D eigenvalue weighted by atomic mass is 10.3. The Morgan fingerprint density at radius 3 is 2.48 bits per heavy atom. The van der Waals surface area contributed by atoms with Crippen molar-refractivity contribution < 1.29 is 22.0 Å². The van der Waals surface area contributed by atoms with Gasteiger partial charge in [0.15, 0.2) is 0 Å². The fourth-order valence-corrected chi connectivity index (χ4v) is 5.39. The number of carbonyl (C=O) groups excluding carboxylic acids is 1. The third-order valence-corrected chi connectivity index (χ3v) is 6.65. The van der Waals surface area contributed by atoms with Crippen LogP contribution in [-0.2, 0) is 10.0 Å². The standard InChI is InChI=1S/C18H14ClF2N3O3S2/c1-10-22-15(9-24(10)13-7-11(20)6-12(21)8-13)18(25)23-29(26,27)17-14(19)4-3-5-16(17)28-2/h3-9H,1-2H3,(H,23,25). The lowest BCUT2D eigenvalue weighted by Crippen LogP contribution is -2.31. The predicted octanol–water partition coefficient (Wildman–Crippen LogP) is 3.95. The van der Waals surface area contributed by atoms with Crippen molar-refractivity contribution in [3.05, 3.63) is 70.8 Å². The van der Waals surface area contributed by atoms with Crippen molar-refractivity contribution in [2.24, 2.45) is 0 Å². The summed E-state index contributed by atoms with van der Waals surface area (Å²) in [5.41, 5.74) is -0.140. The molecule has 0 aliphatic rings. The number of hydrogen-bond donors (Lipinski definition) is 1. The van der Waals surface area contributed by atoms with Gasteiger partial charge in [0.25, 0.3) is 15.9 Å². The van der Waals surface area contributed by atoms with Crippen molar-refractivity contribution in [2.45, 2.75) is 16.7 Å². The Morgan fingerprint density at radius 1 is 1.21 bits per heavy atom. The molecule has 0 bridgehead atoms. The van der Waals surface area contributed by atoms with E-state index in [0.717, 1.165) is 23.9 Å². The van der Waals surface area contributed by atoms with Gasteiger partial charge in [0, 0.05) is 17.2 Å². The number of hydrogen-bond acceptors (Lipinski definition) is 5. The Morgan fingerprint density at radius 2 is 1.86 bits per heavy atom. The van der Waals surface area contributed by atoms with Crippen molar-refractivity contribution in [3.63, 3.8) is 0 Å². The second kappa shape index (κ2) is 8.13. The molecule has 0 radical (unpaired) electrons. The SMILES string of the molecule is CSc1cccc(Cl)c1S(=O)(=O)NC(=O)c1cn(-c2cc(F)cc(F)c2)c(C)n1. The first-order valence-corrected chi connectivity index (χ1v) is 11.1. The summed E-state index contributed by atoms with van der Waals surface area (Å²) in [5.74, 6) is -2.37. The number of aryl methyl sites for hydroxylation is 1.